The summed E-state index contributed by atoms with van der Waals surface area (Å²) in [4.78, 5) is 22.4. The molecule has 1 aliphatic heterocycles. The van der Waals surface area contributed by atoms with E-state index in [1.165, 1.54) is 24.6 Å². The zero-order chi connectivity index (χ0) is 17.2. The summed E-state index contributed by atoms with van der Waals surface area (Å²) in [6.07, 6.45) is 4.99. The molecule has 1 aliphatic carbocycles. The Kier molecular flexibility index (Phi) is 5.03. The van der Waals surface area contributed by atoms with Crippen LogP contribution in [0.15, 0.2) is 18.2 Å². The molecule has 1 N–H and O–H groups in total. The second-order valence-corrected chi connectivity index (χ2v) is 6.56. The minimum absolute atomic E-state index is 0.0500. The molecule has 8 heteroatoms. The van der Waals surface area contributed by atoms with Crippen molar-refractivity contribution in [2.45, 2.75) is 44.0 Å². The summed E-state index contributed by atoms with van der Waals surface area (Å²) >= 11 is 5.96. The van der Waals surface area contributed by atoms with Gasteiger partial charge < -0.3 is 14.8 Å². The maximum atomic E-state index is 12.2. The lowest BCUT2D eigenvalue weighted by atomic mass is 9.94. The Bertz CT molecular complexity index is 645. The summed E-state index contributed by atoms with van der Waals surface area (Å²) in [6, 6.07) is 3.78. The van der Waals surface area contributed by atoms with E-state index >= 15 is 0 Å². The summed E-state index contributed by atoms with van der Waals surface area (Å²) in [6.45, 7) is 0.766. The Hall–Kier alpha value is -1.70. The molecule has 1 aromatic carbocycles. The van der Waals surface area contributed by atoms with Crippen LogP contribution < -0.4 is 5.32 Å². The van der Waals surface area contributed by atoms with E-state index in [1.807, 2.05) is 0 Å². The number of hydrogen-bond donors (Lipinski definition) is 1. The first kappa shape index (κ1) is 17.1. The molecule has 24 heavy (non-hydrogen) atoms. The molecule has 1 atom stereocenters. The van der Waals surface area contributed by atoms with Gasteiger partial charge in [-0.25, -0.2) is 0 Å². The number of carbonyl (C=O) groups is 1. The summed E-state index contributed by atoms with van der Waals surface area (Å²) in [5.74, 6) is -0.860. The van der Waals surface area contributed by atoms with Crippen LogP contribution in [-0.2, 0) is 9.47 Å². The lowest BCUT2D eigenvalue weighted by Gasteiger charge is -2.31. The third kappa shape index (κ3) is 3.68. The number of nitro benzene ring substituents is 1. The van der Waals surface area contributed by atoms with Crippen LogP contribution in [-0.4, -0.2) is 35.9 Å². The number of nitro groups is 1. The van der Waals surface area contributed by atoms with E-state index in [9.17, 15) is 14.9 Å². The Morgan fingerprint density at radius 2 is 2.12 bits per heavy atom. The SMILES string of the molecule is O=C(NC[C@H]1COC2(CCCCC2)O1)c1ccc([N+](=O)[O-])cc1Cl. The van der Waals surface area contributed by atoms with Gasteiger partial charge >= 0.3 is 0 Å². The quantitative estimate of drug-likeness (QED) is 0.662. The highest BCUT2D eigenvalue weighted by Gasteiger charge is 2.42. The zero-order valence-electron chi connectivity index (χ0n) is 13.1. The largest absolute Gasteiger partial charge is 0.349 e. The highest BCUT2D eigenvalue weighted by atomic mass is 35.5. The highest BCUT2D eigenvalue weighted by molar-refractivity contribution is 6.34. The first-order valence-electron chi connectivity index (χ1n) is 8.03. The van der Waals surface area contributed by atoms with Crippen LogP contribution in [0.25, 0.3) is 0 Å². The van der Waals surface area contributed by atoms with E-state index in [2.05, 4.69) is 5.32 Å². The first-order valence-corrected chi connectivity index (χ1v) is 8.41. The summed E-state index contributed by atoms with van der Waals surface area (Å²) in [7, 11) is 0. The number of hydrogen-bond acceptors (Lipinski definition) is 5. The maximum absolute atomic E-state index is 12.2. The second-order valence-electron chi connectivity index (χ2n) is 6.15. The molecule has 1 amide bonds. The standard InChI is InChI=1S/C16H19ClN2O5/c17-14-8-11(19(21)22)4-5-13(14)15(20)18-9-12-10-23-16(24-12)6-2-1-3-7-16/h4-5,8,12H,1-3,6-7,9-10H2,(H,18,20)/t12-/m0/s1. The van der Waals surface area contributed by atoms with Gasteiger partial charge in [0.15, 0.2) is 5.79 Å². The molecule has 1 saturated heterocycles. The fraction of sp³-hybridized carbons (Fsp3) is 0.562. The number of nitrogens with one attached hydrogen (secondary N) is 1. The van der Waals surface area contributed by atoms with Crippen LogP contribution in [0.4, 0.5) is 5.69 Å². The predicted octanol–water partition coefficient (Wildman–Crippen LogP) is 3.05. The van der Waals surface area contributed by atoms with Gasteiger partial charge in [-0.05, 0) is 18.9 Å². The molecule has 7 nitrogen and oxygen atoms in total. The molecule has 1 heterocycles. The minimum Gasteiger partial charge on any atom is -0.349 e. The molecule has 3 rings (SSSR count). The number of halogens is 1. The second kappa shape index (κ2) is 7.04. The highest BCUT2D eigenvalue weighted by Crippen LogP contribution is 2.37. The molecule has 1 spiro atoms. The average molecular weight is 355 g/mol. The first-order chi connectivity index (χ1) is 11.5. The summed E-state index contributed by atoms with van der Waals surface area (Å²) in [5.41, 5.74) is 0.0527. The van der Waals surface area contributed by atoms with Crippen molar-refractivity contribution in [3.05, 3.63) is 38.9 Å². The molecule has 1 saturated carbocycles. The van der Waals surface area contributed by atoms with Crippen molar-refractivity contribution < 1.29 is 19.2 Å². The zero-order valence-corrected chi connectivity index (χ0v) is 13.9. The number of nitrogens with zero attached hydrogens (tertiary/aromatic N) is 1. The van der Waals surface area contributed by atoms with E-state index < -0.39 is 10.7 Å². The normalized spacial score (nSPS) is 22.5. The molecule has 0 aromatic heterocycles. The van der Waals surface area contributed by atoms with Gasteiger partial charge in [-0.2, -0.15) is 0 Å². The van der Waals surface area contributed by atoms with Crippen LogP contribution in [0.3, 0.4) is 0 Å². The molecular formula is C16H19ClN2O5. The van der Waals surface area contributed by atoms with Gasteiger partial charge in [0.1, 0.15) is 6.10 Å². The van der Waals surface area contributed by atoms with Gasteiger partial charge in [-0.3, -0.25) is 14.9 Å². The van der Waals surface area contributed by atoms with E-state index in [4.69, 9.17) is 21.1 Å². The number of non-ortho nitro benzene ring substituents is 1. The summed E-state index contributed by atoms with van der Waals surface area (Å²) in [5, 5.41) is 13.5. The van der Waals surface area contributed by atoms with E-state index in [0.717, 1.165) is 25.7 Å². The molecule has 2 fully saturated rings. The molecule has 0 bridgehead atoms. The number of carbonyl (C=O) groups excluding carboxylic acids is 1. The molecule has 130 valence electrons. The van der Waals surface area contributed by atoms with E-state index in [0.29, 0.717) is 13.2 Å². The maximum Gasteiger partial charge on any atom is 0.270 e. The predicted molar refractivity (Wildman–Crippen MR) is 87.1 cm³/mol. The van der Waals surface area contributed by atoms with Crippen molar-refractivity contribution in [2.24, 2.45) is 0 Å². The van der Waals surface area contributed by atoms with Gasteiger partial charge in [0.05, 0.1) is 22.1 Å². The lowest BCUT2D eigenvalue weighted by molar-refractivity contribution is -0.384. The topological polar surface area (TPSA) is 90.7 Å². The van der Waals surface area contributed by atoms with Crippen molar-refractivity contribution in [3.63, 3.8) is 0 Å². The molecule has 2 aliphatic rings. The fourth-order valence-corrected chi connectivity index (χ4v) is 3.43. The van der Waals surface area contributed by atoms with Crippen molar-refractivity contribution in [1.82, 2.24) is 5.32 Å². The fourth-order valence-electron chi connectivity index (χ4n) is 3.17. The third-order valence-electron chi connectivity index (χ3n) is 4.43. The van der Waals surface area contributed by atoms with Crippen molar-refractivity contribution in [1.29, 1.82) is 0 Å². The van der Waals surface area contributed by atoms with Gasteiger partial charge in [0.25, 0.3) is 11.6 Å². The smallest absolute Gasteiger partial charge is 0.270 e. The number of benzene rings is 1. The van der Waals surface area contributed by atoms with Crippen LogP contribution in [0.1, 0.15) is 42.5 Å². The Balaban J connectivity index is 1.55. The Labute approximate surface area is 144 Å². The van der Waals surface area contributed by atoms with E-state index in [-0.39, 0.29) is 28.3 Å². The Morgan fingerprint density at radius 1 is 1.38 bits per heavy atom. The summed E-state index contributed by atoms with van der Waals surface area (Å²) < 4.78 is 11.8. The van der Waals surface area contributed by atoms with Crippen molar-refractivity contribution >= 4 is 23.2 Å². The molecular weight excluding hydrogens is 336 g/mol. The average Bonchev–Trinajstić information content (AvgIpc) is 2.95. The van der Waals surface area contributed by atoms with E-state index in [1.54, 1.807) is 0 Å². The Morgan fingerprint density at radius 3 is 2.79 bits per heavy atom. The van der Waals surface area contributed by atoms with Gasteiger partial charge in [-0.1, -0.05) is 18.0 Å². The molecule has 1 aromatic rings. The van der Waals surface area contributed by atoms with Crippen molar-refractivity contribution in [2.75, 3.05) is 13.2 Å². The van der Waals surface area contributed by atoms with Gasteiger partial charge in [-0.15, -0.1) is 0 Å². The third-order valence-corrected chi connectivity index (χ3v) is 4.74. The molecule has 0 unspecified atom stereocenters. The van der Waals surface area contributed by atoms with Crippen LogP contribution in [0.5, 0.6) is 0 Å². The van der Waals surface area contributed by atoms with Crippen LogP contribution >= 0.6 is 11.6 Å². The van der Waals surface area contributed by atoms with Gasteiger partial charge in [0, 0.05) is 31.5 Å². The van der Waals surface area contributed by atoms with Crippen LogP contribution in [0.2, 0.25) is 5.02 Å². The minimum atomic E-state index is -0.555. The van der Waals surface area contributed by atoms with Crippen molar-refractivity contribution in [3.8, 4) is 0 Å². The van der Waals surface area contributed by atoms with Crippen LogP contribution in [0, 0.1) is 10.1 Å². The monoisotopic (exact) mass is 354 g/mol. The van der Waals surface area contributed by atoms with Gasteiger partial charge in [0.2, 0.25) is 0 Å². The lowest BCUT2D eigenvalue weighted by Crippen LogP contribution is -2.37. The molecule has 0 radical (unpaired) electrons. The number of rotatable bonds is 4. The number of amides is 1. The number of ether oxygens (including phenoxy) is 2.